The Balaban J connectivity index is 4.27. The molecule has 0 unspecified atom stereocenters. The zero-order valence-electron chi connectivity index (χ0n) is 6.55. The molecule has 0 rings (SSSR count). The molecular weight excluding hydrogens is 168 g/mol. The SMILES string of the molecule is C=C[Si]O[Si](C=C)(C=C)C=C. The van der Waals surface area contributed by atoms with Gasteiger partial charge in [0.2, 0.25) is 9.76 Å². The molecule has 0 N–H and O–H groups in total. The van der Waals surface area contributed by atoms with Gasteiger partial charge in [-0.1, -0.05) is 22.8 Å². The summed E-state index contributed by atoms with van der Waals surface area (Å²) >= 11 is 0. The zero-order valence-corrected chi connectivity index (χ0v) is 8.55. The normalized spacial score (nSPS) is 10.2. The van der Waals surface area contributed by atoms with Gasteiger partial charge in [0, 0.05) is 0 Å². The van der Waals surface area contributed by atoms with Gasteiger partial charge in [-0.15, -0.1) is 26.3 Å². The van der Waals surface area contributed by atoms with Crippen molar-refractivity contribution in [2.75, 3.05) is 0 Å². The summed E-state index contributed by atoms with van der Waals surface area (Å²) in [6.45, 7) is 14.6. The maximum Gasteiger partial charge on any atom is 0.254 e. The topological polar surface area (TPSA) is 9.23 Å². The summed E-state index contributed by atoms with van der Waals surface area (Å²) in [4.78, 5) is 0. The molecule has 0 amide bonds. The molecule has 0 aliphatic rings. The van der Waals surface area contributed by atoms with Gasteiger partial charge in [0.25, 0.3) is 8.32 Å². The summed E-state index contributed by atoms with van der Waals surface area (Å²) in [5.41, 5.74) is 7.12. The van der Waals surface area contributed by atoms with Crippen molar-refractivity contribution in [2.45, 2.75) is 0 Å². The summed E-state index contributed by atoms with van der Waals surface area (Å²) in [6.07, 6.45) is 0. The lowest BCUT2D eigenvalue weighted by Crippen LogP contribution is -2.32. The summed E-state index contributed by atoms with van der Waals surface area (Å²) < 4.78 is 5.52. The van der Waals surface area contributed by atoms with Gasteiger partial charge in [0.05, 0.1) is 0 Å². The van der Waals surface area contributed by atoms with E-state index in [0.29, 0.717) is 9.76 Å². The van der Waals surface area contributed by atoms with Crippen LogP contribution in [0.5, 0.6) is 0 Å². The molecule has 0 saturated heterocycles. The Morgan fingerprint density at radius 3 is 1.73 bits per heavy atom. The first-order chi connectivity index (χ1) is 5.24. The van der Waals surface area contributed by atoms with Gasteiger partial charge < -0.3 is 4.12 Å². The van der Waals surface area contributed by atoms with E-state index in [1.54, 1.807) is 22.8 Å². The first kappa shape index (κ1) is 10.4. The van der Waals surface area contributed by atoms with E-state index in [2.05, 4.69) is 26.3 Å². The molecule has 0 aliphatic carbocycles. The van der Waals surface area contributed by atoms with Crippen LogP contribution in [0.4, 0.5) is 0 Å². The first-order valence-electron chi connectivity index (χ1n) is 3.20. The van der Waals surface area contributed by atoms with Gasteiger partial charge in [0.15, 0.2) is 0 Å². The van der Waals surface area contributed by atoms with Crippen LogP contribution in [0.15, 0.2) is 49.1 Å². The van der Waals surface area contributed by atoms with E-state index < -0.39 is 8.32 Å². The van der Waals surface area contributed by atoms with Gasteiger partial charge in [-0.05, 0) is 0 Å². The second kappa shape index (κ2) is 5.06. The third kappa shape index (κ3) is 2.84. The molecule has 0 aliphatic heterocycles. The molecule has 2 radical (unpaired) electrons. The maximum absolute atomic E-state index is 5.52. The van der Waals surface area contributed by atoms with Crippen molar-refractivity contribution in [1.82, 2.24) is 0 Å². The van der Waals surface area contributed by atoms with Crippen molar-refractivity contribution in [3.05, 3.63) is 49.1 Å². The minimum absolute atomic E-state index is 0.299. The molecule has 0 fully saturated rings. The van der Waals surface area contributed by atoms with Gasteiger partial charge in [-0.2, -0.15) is 0 Å². The fourth-order valence-corrected chi connectivity index (χ4v) is 3.17. The highest BCUT2D eigenvalue weighted by atomic mass is 28.4. The fourth-order valence-electron chi connectivity index (χ4n) is 0.519. The van der Waals surface area contributed by atoms with E-state index in [4.69, 9.17) is 4.12 Å². The average Bonchev–Trinajstić information content (AvgIpc) is 2.08. The lowest BCUT2D eigenvalue weighted by atomic mass is 11.2. The van der Waals surface area contributed by atoms with E-state index in [-0.39, 0.29) is 0 Å². The van der Waals surface area contributed by atoms with Crippen LogP contribution >= 0.6 is 0 Å². The van der Waals surface area contributed by atoms with Crippen LogP contribution in [0, 0.1) is 0 Å². The second-order valence-electron chi connectivity index (χ2n) is 1.89. The Morgan fingerprint density at radius 1 is 1.00 bits per heavy atom. The van der Waals surface area contributed by atoms with Crippen molar-refractivity contribution in [2.24, 2.45) is 0 Å². The van der Waals surface area contributed by atoms with Crippen LogP contribution in [0.2, 0.25) is 0 Å². The average molecular weight is 180 g/mol. The van der Waals surface area contributed by atoms with Crippen LogP contribution in [0.1, 0.15) is 0 Å². The largest absolute Gasteiger partial charge is 0.444 e. The molecule has 1 nitrogen and oxygen atoms in total. The fraction of sp³-hybridized carbons (Fsp3) is 0. The standard InChI is InChI=1S/C8H12OSi2/c1-5-10-9-11(6-2,7-3)8-4/h5-8H,1-4H2. The molecule has 0 atom stereocenters. The molecule has 11 heavy (non-hydrogen) atoms. The Kier molecular flexibility index (Phi) is 4.77. The molecule has 0 heterocycles. The van der Waals surface area contributed by atoms with E-state index in [9.17, 15) is 0 Å². The Morgan fingerprint density at radius 2 is 1.45 bits per heavy atom. The van der Waals surface area contributed by atoms with Crippen molar-refractivity contribution in [1.29, 1.82) is 0 Å². The van der Waals surface area contributed by atoms with Gasteiger partial charge in [-0.3, -0.25) is 0 Å². The third-order valence-electron chi connectivity index (χ3n) is 1.28. The molecule has 0 aromatic heterocycles. The van der Waals surface area contributed by atoms with E-state index in [0.717, 1.165) is 0 Å². The van der Waals surface area contributed by atoms with Gasteiger partial charge >= 0.3 is 0 Å². The molecule has 0 saturated carbocycles. The molecule has 0 aromatic carbocycles. The predicted octanol–water partition coefficient (Wildman–Crippen LogP) is 1.89. The molecule has 3 heteroatoms. The van der Waals surface area contributed by atoms with Gasteiger partial charge in [0.1, 0.15) is 0 Å². The van der Waals surface area contributed by atoms with Gasteiger partial charge in [-0.25, -0.2) is 0 Å². The molecular formula is C8H12OSi2. The Labute approximate surface area is 71.9 Å². The Bertz CT molecular complexity index is 153. The molecule has 58 valence electrons. The van der Waals surface area contributed by atoms with Crippen LogP contribution in [-0.4, -0.2) is 18.1 Å². The van der Waals surface area contributed by atoms with E-state index in [1.165, 1.54) is 0 Å². The first-order valence-corrected chi connectivity index (χ1v) is 6.32. The number of rotatable bonds is 6. The minimum atomic E-state index is -2.01. The van der Waals surface area contributed by atoms with Crippen LogP contribution in [-0.2, 0) is 4.12 Å². The summed E-state index contributed by atoms with van der Waals surface area (Å²) in [7, 11) is -1.71. The summed E-state index contributed by atoms with van der Waals surface area (Å²) in [5.74, 6) is 0. The quantitative estimate of drug-likeness (QED) is 0.567. The van der Waals surface area contributed by atoms with Crippen molar-refractivity contribution < 1.29 is 4.12 Å². The lowest BCUT2D eigenvalue weighted by molar-refractivity contribution is 0.627. The Hall–Kier alpha value is -0.646. The predicted molar refractivity (Wildman–Crippen MR) is 53.4 cm³/mol. The highest BCUT2D eigenvalue weighted by Gasteiger charge is 2.22. The number of hydrogen-bond acceptors (Lipinski definition) is 1. The van der Waals surface area contributed by atoms with E-state index in [1.807, 2.05) is 0 Å². The molecule has 0 bridgehead atoms. The van der Waals surface area contributed by atoms with Crippen molar-refractivity contribution >= 4 is 18.1 Å². The van der Waals surface area contributed by atoms with Crippen molar-refractivity contribution in [3.63, 3.8) is 0 Å². The van der Waals surface area contributed by atoms with Crippen LogP contribution in [0.25, 0.3) is 0 Å². The second-order valence-corrected chi connectivity index (χ2v) is 6.28. The highest BCUT2D eigenvalue weighted by molar-refractivity contribution is 6.90. The van der Waals surface area contributed by atoms with Crippen molar-refractivity contribution in [3.8, 4) is 0 Å². The zero-order chi connectivity index (χ0) is 8.74. The van der Waals surface area contributed by atoms with E-state index >= 15 is 0 Å². The minimum Gasteiger partial charge on any atom is -0.444 e. The third-order valence-corrected chi connectivity index (χ3v) is 5.24. The number of hydrogen-bond donors (Lipinski definition) is 0. The molecule has 0 aromatic rings. The van der Waals surface area contributed by atoms with Crippen LogP contribution in [0.3, 0.4) is 0 Å². The highest BCUT2D eigenvalue weighted by Crippen LogP contribution is 2.07. The summed E-state index contributed by atoms with van der Waals surface area (Å²) in [5, 5.41) is 0. The van der Waals surface area contributed by atoms with Crippen LogP contribution < -0.4 is 0 Å². The monoisotopic (exact) mass is 180 g/mol. The maximum atomic E-state index is 5.52. The lowest BCUT2D eigenvalue weighted by Gasteiger charge is -2.18. The summed E-state index contributed by atoms with van der Waals surface area (Å²) in [6, 6.07) is 0. The molecule has 0 spiro atoms. The smallest absolute Gasteiger partial charge is 0.254 e.